The number of allylic oxidation sites excluding steroid dienone is 1. The second kappa shape index (κ2) is 9.38. The smallest absolute Gasteiger partial charge is 0.250 e. The molecule has 0 bridgehead atoms. The van der Waals surface area contributed by atoms with Crippen LogP contribution in [0.15, 0.2) is 77.4 Å². The van der Waals surface area contributed by atoms with Crippen molar-refractivity contribution in [2.24, 2.45) is 0 Å². The van der Waals surface area contributed by atoms with Gasteiger partial charge in [0, 0.05) is 28.7 Å². The van der Waals surface area contributed by atoms with E-state index in [2.05, 4.69) is 15.3 Å². The van der Waals surface area contributed by atoms with Gasteiger partial charge in [-0.15, -0.1) is 0 Å². The van der Waals surface area contributed by atoms with Gasteiger partial charge in [-0.25, -0.2) is 4.98 Å². The molecule has 2 heterocycles. The zero-order chi connectivity index (χ0) is 24.4. The summed E-state index contributed by atoms with van der Waals surface area (Å²) in [6.45, 7) is 4.29. The van der Waals surface area contributed by atoms with E-state index in [-0.39, 0.29) is 5.91 Å². The normalized spacial score (nSPS) is 11.7. The molecule has 0 aliphatic carbocycles. The summed E-state index contributed by atoms with van der Waals surface area (Å²) in [6.07, 6.45) is 3.27. The van der Waals surface area contributed by atoms with Crippen LogP contribution in [0.2, 0.25) is 0 Å². The Bertz CT molecular complexity index is 1530. The Balaban J connectivity index is 1.50. The number of benzene rings is 3. The molecule has 0 atom stereocenters. The SMILES string of the molecule is CCOc1cc2occ(-c3cccc(OC)c3)c2cc1/C(C)=C/C(=O)Nc1nc2ccccc2[nH]1. The van der Waals surface area contributed by atoms with Gasteiger partial charge in [-0.1, -0.05) is 24.3 Å². The number of furan rings is 1. The van der Waals surface area contributed by atoms with E-state index in [1.807, 2.05) is 74.5 Å². The van der Waals surface area contributed by atoms with E-state index in [0.29, 0.717) is 23.9 Å². The molecule has 3 aromatic carbocycles. The van der Waals surface area contributed by atoms with Gasteiger partial charge >= 0.3 is 0 Å². The zero-order valence-electron chi connectivity index (χ0n) is 19.7. The Labute approximate surface area is 202 Å². The zero-order valence-corrected chi connectivity index (χ0v) is 19.7. The van der Waals surface area contributed by atoms with Gasteiger partial charge in [0.1, 0.15) is 17.1 Å². The molecule has 176 valence electrons. The number of fused-ring (bicyclic) bond motifs is 2. The number of hydrogen-bond acceptors (Lipinski definition) is 5. The number of hydrogen-bond donors (Lipinski definition) is 2. The molecule has 0 unspecified atom stereocenters. The highest BCUT2D eigenvalue weighted by Gasteiger charge is 2.16. The lowest BCUT2D eigenvalue weighted by Gasteiger charge is -2.12. The third kappa shape index (κ3) is 4.48. The predicted octanol–water partition coefficient (Wildman–Crippen LogP) is 6.43. The van der Waals surface area contributed by atoms with Gasteiger partial charge in [0.25, 0.3) is 5.91 Å². The number of amides is 1. The molecule has 35 heavy (non-hydrogen) atoms. The Morgan fingerprint density at radius 2 is 2.00 bits per heavy atom. The highest BCUT2D eigenvalue weighted by Crippen LogP contribution is 2.38. The molecule has 1 amide bonds. The number of methoxy groups -OCH3 is 1. The summed E-state index contributed by atoms with van der Waals surface area (Å²) in [5, 5.41) is 3.73. The molecule has 2 N–H and O–H groups in total. The average Bonchev–Trinajstić information content (AvgIpc) is 3.46. The first-order valence-corrected chi connectivity index (χ1v) is 11.3. The molecule has 0 aliphatic heterocycles. The maximum absolute atomic E-state index is 12.8. The van der Waals surface area contributed by atoms with E-state index in [1.54, 1.807) is 19.4 Å². The number of carbonyl (C=O) groups is 1. The number of anilines is 1. The van der Waals surface area contributed by atoms with Crippen molar-refractivity contribution in [2.45, 2.75) is 13.8 Å². The highest BCUT2D eigenvalue weighted by molar-refractivity contribution is 6.05. The average molecular weight is 468 g/mol. The summed E-state index contributed by atoms with van der Waals surface area (Å²) in [5.74, 6) is 1.53. The number of aromatic amines is 1. The first kappa shape index (κ1) is 22.3. The Morgan fingerprint density at radius 3 is 2.80 bits per heavy atom. The number of ether oxygens (including phenoxy) is 2. The van der Waals surface area contributed by atoms with Gasteiger partial charge in [-0.2, -0.15) is 0 Å². The van der Waals surface area contributed by atoms with Gasteiger partial charge in [0.05, 0.1) is 31.0 Å². The molecule has 5 aromatic rings. The Kier molecular flexibility index (Phi) is 5.97. The molecule has 0 spiro atoms. The van der Waals surface area contributed by atoms with Crippen LogP contribution in [0.4, 0.5) is 5.95 Å². The third-order valence-electron chi connectivity index (χ3n) is 5.76. The van der Waals surface area contributed by atoms with Gasteiger partial charge in [0.15, 0.2) is 0 Å². The van der Waals surface area contributed by atoms with Gasteiger partial charge in [-0.3, -0.25) is 10.1 Å². The fourth-order valence-electron chi connectivity index (χ4n) is 4.09. The number of rotatable bonds is 7. The van der Waals surface area contributed by atoms with Crippen LogP contribution in [-0.2, 0) is 4.79 Å². The highest BCUT2D eigenvalue weighted by atomic mass is 16.5. The lowest BCUT2D eigenvalue weighted by atomic mass is 9.99. The lowest BCUT2D eigenvalue weighted by molar-refractivity contribution is -0.111. The van der Waals surface area contributed by atoms with Crippen LogP contribution in [0, 0.1) is 0 Å². The van der Waals surface area contributed by atoms with Crippen molar-refractivity contribution in [1.29, 1.82) is 0 Å². The van der Waals surface area contributed by atoms with Crippen LogP contribution in [0.25, 0.3) is 38.7 Å². The van der Waals surface area contributed by atoms with E-state index >= 15 is 0 Å². The molecule has 0 saturated heterocycles. The molecule has 5 rings (SSSR count). The molecule has 2 aromatic heterocycles. The number of carbonyl (C=O) groups excluding carboxylic acids is 1. The van der Waals surface area contributed by atoms with Crippen molar-refractivity contribution in [3.63, 3.8) is 0 Å². The minimum absolute atomic E-state index is 0.288. The van der Waals surface area contributed by atoms with Crippen LogP contribution in [0.1, 0.15) is 19.4 Å². The number of nitrogens with one attached hydrogen (secondary N) is 2. The summed E-state index contributed by atoms with van der Waals surface area (Å²) >= 11 is 0. The van der Waals surface area contributed by atoms with Crippen molar-refractivity contribution >= 4 is 39.4 Å². The number of aromatic nitrogens is 2. The van der Waals surface area contributed by atoms with Crippen LogP contribution in [-0.4, -0.2) is 29.6 Å². The second-order valence-corrected chi connectivity index (χ2v) is 8.08. The fraction of sp³-hybridized carbons (Fsp3) is 0.143. The van der Waals surface area contributed by atoms with Crippen molar-refractivity contribution < 1.29 is 18.7 Å². The monoisotopic (exact) mass is 467 g/mol. The minimum atomic E-state index is -0.288. The number of imidazole rings is 1. The molecule has 0 fully saturated rings. The molecular weight excluding hydrogens is 442 g/mol. The maximum atomic E-state index is 12.8. The summed E-state index contributed by atoms with van der Waals surface area (Å²) in [4.78, 5) is 20.3. The van der Waals surface area contributed by atoms with Crippen molar-refractivity contribution in [2.75, 3.05) is 19.0 Å². The van der Waals surface area contributed by atoms with E-state index in [9.17, 15) is 4.79 Å². The largest absolute Gasteiger partial charge is 0.497 e. The predicted molar refractivity (Wildman–Crippen MR) is 138 cm³/mol. The van der Waals surface area contributed by atoms with Gasteiger partial charge < -0.3 is 18.9 Å². The fourth-order valence-corrected chi connectivity index (χ4v) is 4.09. The van der Waals surface area contributed by atoms with E-state index in [1.165, 1.54) is 0 Å². The Hall–Kier alpha value is -4.52. The third-order valence-corrected chi connectivity index (χ3v) is 5.76. The van der Waals surface area contributed by atoms with Gasteiger partial charge in [0.2, 0.25) is 5.95 Å². The number of nitrogens with zero attached hydrogens (tertiary/aromatic N) is 1. The number of para-hydroxylation sites is 2. The molecule has 0 saturated carbocycles. The summed E-state index contributed by atoms with van der Waals surface area (Å²) < 4.78 is 17.1. The summed E-state index contributed by atoms with van der Waals surface area (Å²) in [5.41, 5.74) is 5.82. The van der Waals surface area contributed by atoms with Crippen LogP contribution in [0.3, 0.4) is 0 Å². The Morgan fingerprint density at radius 1 is 1.14 bits per heavy atom. The first-order chi connectivity index (χ1) is 17.1. The van der Waals surface area contributed by atoms with Crippen molar-refractivity contribution in [1.82, 2.24) is 9.97 Å². The van der Waals surface area contributed by atoms with E-state index in [4.69, 9.17) is 13.9 Å². The molecule has 7 heteroatoms. The molecular formula is C28H25N3O4. The van der Waals surface area contributed by atoms with E-state index < -0.39 is 0 Å². The minimum Gasteiger partial charge on any atom is -0.497 e. The quantitative estimate of drug-likeness (QED) is 0.269. The van der Waals surface area contributed by atoms with Gasteiger partial charge in [-0.05, 0) is 55.3 Å². The van der Waals surface area contributed by atoms with Crippen molar-refractivity contribution in [3.05, 3.63) is 78.6 Å². The second-order valence-electron chi connectivity index (χ2n) is 8.08. The standard InChI is InChI=1S/C28H25N3O4/c1-4-34-25-15-26-21(22(16-35-26)18-8-7-9-19(13-18)33-3)14-20(25)17(2)12-27(32)31-28-29-23-10-5-6-11-24(23)30-28/h5-16H,4H2,1-3H3,(H2,29,30,31,32)/b17-12+. The molecule has 7 nitrogen and oxygen atoms in total. The van der Waals surface area contributed by atoms with E-state index in [0.717, 1.165) is 44.4 Å². The summed E-state index contributed by atoms with van der Waals surface area (Å²) in [7, 11) is 1.64. The maximum Gasteiger partial charge on any atom is 0.250 e. The lowest BCUT2D eigenvalue weighted by Crippen LogP contribution is -2.10. The summed E-state index contributed by atoms with van der Waals surface area (Å²) in [6, 6.07) is 19.3. The van der Waals surface area contributed by atoms with Crippen molar-refractivity contribution in [3.8, 4) is 22.6 Å². The molecule has 0 aliphatic rings. The number of H-pyrrole nitrogens is 1. The molecule has 0 radical (unpaired) electrons. The first-order valence-electron chi connectivity index (χ1n) is 11.3. The van der Waals surface area contributed by atoms with Crippen LogP contribution in [0.5, 0.6) is 11.5 Å². The topological polar surface area (TPSA) is 89.4 Å². The van der Waals surface area contributed by atoms with Crippen LogP contribution >= 0.6 is 0 Å². The van der Waals surface area contributed by atoms with Crippen LogP contribution < -0.4 is 14.8 Å².